The first-order valence-electron chi connectivity index (χ1n) is 10.9. The molecule has 0 spiro atoms. The average molecular weight is 427 g/mol. The van der Waals surface area contributed by atoms with E-state index in [9.17, 15) is 13.2 Å². The van der Waals surface area contributed by atoms with Crippen LogP contribution in [0.1, 0.15) is 66.9 Å². The third-order valence-electron chi connectivity index (χ3n) is 6.03. The van der Waals surface area contributed by atoms with Crippen LogP contribution >= 0.6 is 0 Å². The van der Waals surface area contributed by atoms with Gasteiger partial charge in [-0.25, -0.2) is 8.42 Å². The Morgan fingerprint density at radius 2 is 1.73 bits per heavy atom. The monoisotopic (exact) mass is 426 g/mol. The fourth-order valence-electron chi connectivity index (χ4n) is 3.99. The first-order valence-corrected chi connectivity index (χ1v) is 12.3. The van der Waals surface area contributed by atoms with Gasteiger partial charge in [0.25, 0.3) is 5.91 Å². The fourth-order valence-corrected chi connectivity index (χ4v) is 5.55. The van der Waals surface area contributed by atoms with Crippen molar-refractivity contribution in [2.75, 3.05) is 13.1 Å². The van der Waals surface area contributed by atoms with E-state index in [4.69, 9.17) is 0 Å². The molecule has 2 aromatic rings. The molecule has 4 rings (SSSR count). The number of hydrogen-bond donors (Lipinski definition) is 0. The number of carbonyl (C=O) groups excluding carboxylic acids is 1. The highest BCUT2D eigenvalue weighted by atomic mass is 32.2. The molecule has 0 aromatic heterocycles. The molecule has 2 aliphatic rings. The highest BCUT2D eigenvalue weighted by Crippen LogP contribution is 2.31. The van der Waals surface area contributed by atoms with Gasteiger partial charge in [0, 0.05) is 31.2 Å². The van der Waals surface area contributed by atoms with Gasteiger partial charge in [-0.2, -0.15) is 4.31 Å². The molecule has 5 nitrogen and oxygen atoms in total. The molecule has 0 unspecified atom stereocenters. The summed E-state index contributed by atoms with van der Waals surface area (Å²) in [5.41, 5.74) is 2.82. The van der Waals surface area contributed by atoms with E-state index in [1.54, 1.807) is 24.3 Å². The van der Waals surface area contributed by atoms with Crippen molar-refractivity contribution in [1.29, 1.82) is 0 Å². The van der Waals surface area contributed by atoms with Gasteiger partial charge in [-0.05, 0) is 60.9 Å². The third kappa shape index (κ3) is 4.44. The molecule has 1 amide bonds. The molecule has 1 heterocycles. The molecule has 2 aromatic carbocycles. The highest BCUT2D eigenvalue weighted by Gasteiger charge is 2.34. The lowest BCUT2D eigenvalue weighted by atomic mass is 10.0. The Kier molecular flexibility index (Phi) is 5.98. The van der Waals surface area contributed by atoms with Crippen LogP contribution in [0.2, 0.25) is 0 Å². The first kappa shape index (κ1) is 21.1. The molecule has 1 saturated carbocycles. The molecule has 0 radical (unpaired) electrons. The minimum atomic E-state index is -3.53. The van der Waals surface area contributed by atoms with Crippen molar-refractivity contribution < 1.29 is 13.2 Å². The fraction of sp³-hybridized carbons (Fsp3) is 0.458. The Morgan fingerprint density at radius 3 is 2.33 bits per heavy atom. The molecule has 1 saturated heterocycles. The molecule has 0 atom stereocenters. The van der Waals surface area contributed by atoms with Crippen LogP contribution in [0.3, 0.4) is 0 Å². The number of sulfonamides is 1. The van der Waals surface area contributed by atoms with E-state index in [2.05, 4.69) is 38.1 Å². The van der Waals surface area contributed by atoms with Crippen LogP contribution in [0.4, 0.5) is 0 Å². The second-order valence-electron chi connectivity index (χ2n) is 8.70. The summed E-state index contributed by atoms with van der Waals surface area (Å²) in [6, 6.07) is 15.2. The first-order chi connectivity index (χ1) is 14.4. The lowest BCUT2D eigenvalue weighted by molar-refractivity contribution is 0.0729. The molecule has 2 fully saturated rings. The van der Waals surface area contributed by atoms with E-state index in [0.29, 0.717) is 31.1 Å². The van der Waals surface area contributed by atoms with Gasteiger partial charge in [0.1, 0.15) is 0 Å². The maximum absolute atomic E-state index is 13.3. The molecule has 30 heavy (non-hydrogen) atoms. The smallest absolute Gasteiger partial charge is 0.254 e. The number of carbonyl (C=O) groups is 1. The van der Waals surface area contributed by atoms with Gasteiger partial charge >= 0.3 is 0 Å². The summed E-state index contributed by atoms with van der Waals surface area (Å²) < 4.78 is 27.3. The molecule has 6 heteroatoms. The average Bonchev–Trinajstić information content (AvgIpc) is 3.43. The van der Waals surface area contributed by atoms with Crippen molar-refractivity contribution >= 4 is 15.9 Å². The molecule has 0 N–H and O–H groups in total. The summed E-state index contributed by atoms with van der Waals surface area (Å²) in [6.45, 7) is 5.99. The number of amides is 1. The predicted molar refractivity (Wildman–Crippen MR) is 118 cm³/mol. The zero-order valence-electron chi connectivity index (χ0n) is 17.8. The van der Waals surface area contributed by atoms with Crippen molar-refractivity contribution in [2.24, 2.45) is 0 Å². The van der Waals surface area contributed by atoms with Crippen molar-refractivity contribution in [3.05, 3.63) is 65.2 Å². The molecule has 1 aliphatic heterocycles. The lowest BCUT2D eigenvalue weighted by Gasteiger charge is -2.23. The highest BCUT2D eigenvalue weighted by molar-refractivity contribution is 7.89. The summed E-state index contributed by atoms with van der Waals surface area (Å²) in [7, 11) is -3.53. The van der Waals surface area contributed by atoms with E-state index in [1.165, 1.54) is 9.87 Å². The lowest BCUT2D eigenvalue weighted by Crippen LogP contribution is -2.33. The molecular formula is C24H30N2O3S. The normalized spacial score (nSPS) is 17.4. The Bertz CT molecular complexity index is 1010. The summed E-state index contributed by atoms with van der Waals surface area (Å²) in [4.78, 5) is 15.4. The zero-order valence-corrected chi connectivity index (χ0v) is 18.6. The van der Waals surface area contributed by atoms with Crippen molar-refractivity contribution in [3.8, 4) is 0 Å². The second kappa shape index (κ2) is 8.52. The number of rotatable bonds is 7. The number of hydrogen-bond acceptors (Lipinski definition) is 3. The van der Waals surface area contributed by atoms with Crippen LogP contribution in [0.15, 0.2) is 53.4 Å². The topological polar surface area (TPSA) is 57.7 Å². The van der Waals surface area contributed by atoms with Gasteiger partial charge < -0.3 is 4.90 Å². The van der Waals surface area contributed by atoms with Crippen LogP contribution in [-0.2, 0) is 16.6 Å². The maximum Gasteiger partial charge on any atom is 0.254 e. The minimum Gasteiger partial charge on any atom is -0.331 e. The van der Waals surface area contributed by atoms with Gasteiger partial charge in [0.2, 0.25) is 10.0 Å². The van der Waals surface area contributed by atoms with E-state index in [1.807, 2.05) is 4.90 Å². The van der Waals surface area contributed by atoms with E-state index in [0.717, 1.165) is 31.2 Å². The maximum atomic E-state index is 13.3. The Balaban J connectivity index is 1.55. The van der Waals surface area contributed by atoms with Crippen LogP contribution < -0.4 is 0 Å². The van der Waals surface area contributed by atoms with Gasteiger partial charge in [-0.1, -0.05) is 44.2 Å². The zero-order chi connectivity index (χ0) is 21.3. The molecular weight excluding hydrogens is 396 g/mol. The van der Waals surface area contributed by atoms with Crippen molar-refractivity contribution in [2.45, 2.75) is 62.9 Å². The Hall–Kier alpha value is -2.18. The second-order valence-corrected chi connectivity index (χ2v) is 10.6. The third-order valence-corrected chi connectivity index (χ3v) is 7.93. The van der Waals surface area contributed by atoms with Crippen molar-refractivity contribution in [3.63, 3.8) is 0 Å². The Morgan fingerprint density at radius 1 is 1.07 bits per heavy atom. The van der Waals surface area contributed by atoms with Crippen LogP contribution in [0.5, 0.6) is 0 Å². The van der Waals surface area contributed by atoms with E-state index < -0.39 is 10.0 Å². The van der Waals surface area contributed by atoms with Crippen LogP contribution in [-0.4, -0.2) is 42.7 Å². The molecule has 1 aliphatic carbocycles. The summed E-state index contributed by atoms with van der Waals surface area (Å²) in [5.74, 6) is 0.379. The van der Waals surface area contributed by atoms with Crippen LogP contribution in [0.25, 0.3) is 0 Å². The van der Waals surface area contributed by atoms with E-state index in [-0.39, 0.29) is 16.8 Å². The minimum absolute atomic E-state index is 0.0936. The van der Waals surface area contributed by atoms with E-state index >= 15 is 0 Å². The summed E-state index contributed by atoms with van der Waals surface area (Å²) in [6.07, 6.45) is 3.79. The summed E-state index contributed by atoms with van der Waals surface area (Å²) >= 11 is 0. The van der Waals surface area contributed by atoms with Gasteiger partial charge in [0.15, 0.2) is 0 Å². The predicted octanol–water partition coefficient (Wildman–Crippen LogP) is 4.40. The standard InChI is InChI=1S/C24H30N2O3S/c1-18(2)20-10-8-19(9-11-20)17-26(22-12-13-22)24(27)21-6-5-7-23(16-21)30(28,29)25-14-3-4-15-25/h5-11,16,18,22H,3-4,12-15,17H2,1-2H3. The largest absolute Gasteiger partial charge is 0.331 e. The molecule has 0 bridgehead atoms. The number of benzene rings is 2. The van der Waals surface area contributed by atoms with Gasteiger partial charge in [-0.15, -0.1) is 0 Å². The van der Waals surface area contributed by atoms with Crippen LogP contribution in [0, 0.1) is 0 Å². The Labute approximate surface area is 179 Å². The summed E-state index contributed by atoms with van der Waals surface area (Å²) in [5, 5.41) is 0. The van der Waals surface area contributed by atoms with Crippen molar-refractivity contribution in [1.82, 2.24) is 9.21 Å². The van der Waals surface area contributed by atoms with Gasteiger partial charge in [0.05, 0.1) is 4.90 Å². The quantitative estimate of drug-likeness (QED) is 0.659. The molecule has 160 valence electrons. The number of nitrogens with zero attached hydrogens (tertiary/aromatic N) is 2. The SMILES string of the molecule is CC(C)c1ccc(CN(C(=O)c2cccc(S(=O)(=O)N3CCCC3)c2)C2CC2)cc1. The van der Waals surface area contributed by atoms with Gasteiger partial charge in [-0.3, -0.25) is 4.79 Å².